The van der Waals surface area contributed by atoms with Crippen LogP contribution in [0.5, 0.6) is 11.5 Å². The summed E-state index contributed by atoms with van der Waals surface area (Å²) in [6.45, 7) is 2.05. The topological polar surface area (TPSA) is 89.1 Å². The summed E-state index contributed by atoms with van der Waals surface area (Å²) in [5.41, 5.74) is -0.637. The van der Waals surface area contributed by atoms with Gasteiger partial charge >= 0.3 is 0 Å². The Balaban J connectivity index is 1.70. The number of nitrogens with zero attached hydrogens (tertiary/aromatic N) is 1. The summed E-state index contributed by atoms with van der Waals surface area (Å²) in [6, 6.07) is 9.88. The Bertz CT molecular complexity index is 1460. The van der Waals surface area contributed by atoms with Gasteiger partial charge in [0.1, 0.15) is 17.4 Å². The van der Waals surface area contributed by atoms with E-state index in [1.807, 2.05) is 24.3 Å². The number of likely N-dealkylation sites (N-methyl/N-ethyl adjacent to an activating group) is 1. The van der Waals surface area contributed by atoms with E-state index in [9.17, 15) is 14.0 Å². The number of anilines is 1. The molecule has 0 aliphatic carbocycles. The highest BCUT2D eigenvalue weighted by molar-refractivity contribution is 9.10. The summed E-state index contributed by atoms with van der Waals surface area (Å²) in [5, 5.41) is 7.43. The second kappa shape index (κ2) is 11.3. The molecule has 3 aromatic rings. The fourth-order valence-corrected chi connectivity index (χ4v) is 5.69. The van der Waals surface area contributed by atoms with Crippen LogP contribution in [0.1, 0.15) is 25.3 Å². The van der Waals surface area contributed by atoms with Crippen LogP contribution in [0, 0.1) is 11.6 Å². The summed E-state index contributed by atoms with van der Waals surface area (Å²) in [7, 11) is 3.16. The molecular formula is C29H30BrF2N3O5. The molecule has 0 unspecified atom stereocenters. The molecule has 11 heteroatoms. The lowest BCUT2D eigenvalue weighted by Gasteiger charge is -2.41. The molecule has 1 saturated heterocycles. The van der Waals surface area contributed by atoms with E-state index in [0.29, 0.717) is 11.3 Å². The van der Waals surface area contributed by atoms with Gasteiger partial charge in [0.2, 0.25) is 11.7 Å². The molecule has 2 atom stereocenters. The van der Waals surface area contributed by atoms with Crippen molar-refractivity contribution in [3.05, 3.63) is 64.1 Å². The lowest BCUT2D eigenvalue weighted by atomic mass is 9.84. The van der Waals surface area contributed by atoms with Gasteiger partial charge in [-0.1, -0.05) is 28.1 Å². The minimum atomic E-state index is -1.36. The molecule has 0 aromatic heterocycles. The maximum atomic E-state index is 15.5. The molecule has 0 radical (unpaired) electrons. The molecule has 8 nitrogen and oxygen atoms in total. The zero-order valence-electron chi connectivity index (χ0n) is 22.4. The molecular weight excluding hydrogens is 588 g/mol. The third kappa shape index (κ3) is 5.02. The van der Waals surface area contributed by atoms with Gasteiger partial charge in [-0.05, 0) is 55.1 Å². The van der Waals surface area contributed by atoms with Gasteiger partial charge in [-0.2, -0.15) is 4.39 Å². The van der Waals surface area contributed by atoms with Crippen LogP contribution in [0.3, 0.4) is 0 Å². The maximum absolute atomic E-state index is 15.5. The smallest absolute Gasteiger partial charge is 0.254 e. The Labute approximate surface area is 239 Å². The van der Waals surface area contributed by atoms with Gasteiger partial charge in [0, 0.05) is 22.9 Å². The molecule has 3 aromatic carbocycles. The SMILES string of the molecule is CN[C@@H](C)C(=O)N[C@H]1C(=O)N(Cc2c(OC)ccc3cc(Br)ccc23)c2ccc(F)c(F)c2OC12CCOCC2. The van der Waals surface area contributed by atoms with Gasteiger partial charge in [-0.3, -0.25) is 9.59 Å². The van der Waals surface area contributed by atoms with Crippen molar-refractivity contribution in [2.75, 3.05) is 32.3 Å². The minimum absolute atomic E-state index is 0.0526. The van der Waals surface area contributed by atoms with Crippen LogP contribution in [0.25, 0.3) is 10.8 Å². The Kier molecular flexibility index (Phi) is 7.98. The van der Waals surface area contributed by atoms with Crippen LogP contribution >= 0.6 is 15.9 Å². The number of carbonyl (C=O) groups is 2. The lowest BCUT2D eigenvalue weighted by Crippen LogP contribution is -2.65. The van der Waals surface area contributed by atoms with Crippen molar-refractivity contribution in [1.29, 1.82) is 0 Å². The molecule has 1 spiro atoms. The third-order valence-corrected chi connectivity index (χ3v) is 8.20. The first kappa shape index (κ1) is 28.3. The monoisotopic (exact) mass is 617 g/mol. The van der Waals surface area contributed by atoms with Gasteiger partial charge < -0.3 is 29.7 Å². The van der Waals surface area contributed by atoms with Crippen LogP contribution in [0.4, 0.5) is 14.5 Å². The molecule has 1 fully saturated rings. The Hall–Kier alpha value is -3.28. The highest BCUT2D eigenvalue weighted by Crippen LogP contribution is 2.44. The molecule has 2 aliphatic rings. The van der Waals surface area contributed by atoms with Crippen LogP contribution in [0.2, 0.25) is 0 Å². The predicted octanol–water partition coefficient (Wildman–Crippen LogP) is 4.46. The minimum Gasteiger partial charge on any atom is -0.496 e. The fraction of sp³-hybridized carbons (Fsp3) is 0.379. The van der Waals surface area contributed by atoms with E-state index in [0.717, 1.165) is 21.3 Å². The number of methoxy groups -OCH3 is 1. The predicted molar refractivity (Wildman–Crippen MR) is 150 cm³/mol. The number of hydrogen-bond donors (Lipinski definition) is 2. The van der Waals surface area contributed by atoms with E-state index in [1.165, 1.54) is 18.1 Å². The van der Waals surface area contributed by atoms with Crippen LogP contribution in [-0.4, -0.2) is 56.9 Å². The van der Waals surface area contributed by atoms with Gasteiger partial charge in [-0.25, -0.2) is 4.39 Å². The average Bonchev–Trinajstić information content (AvgIpc) is 3.04. The van der Waals surface area contributed by atoms with Crippen LogP contribution in [0.15, 0.2) is 46.9 Å². The third-order valence-electron chi connectivity index (χ3n) is 7.70. The normalized spacial score (nSPS) is 19.1. The van der Waals surface area contributed by atoms with Crippen LogP contribution in [-0.2, 0) is 20.9 Å². The highest BCUT2D eigenvalue weighted by Gasteiger charge is 2.52. The van der Waals surface area contributed by atoms with Gasteiger partial charge in [0.05, 0.1) is 38.6 Å². The summed E-state index contributed by atoms with van der Waals surface area (Å²) in [4.78, 5) is 29.0. The number of hydrogen-bond acceptors (Lipinski definition) is 6. The quantitative estimate of drug-likeness (QED) is 0.425. The van der Waals surface area contributed by atoms with Gasteiger partial charge in [0.15, 0.2) is 11.6 Å². The van der Waals surface area contributed by atoms with Crippen LogP contribution < -0.4 is 25.0 Å². The van der Waals surface area contributed by atoms with Crippen molar-refractivity contribution in [3.63, 3.8) is 0 Å². The number of rotatable bonds is 6. The molecule has 2 heterocycles. The summed E-state index contributed by atoms with van der Waals surface area (Å²) in [6.07, 6.45) is 0.374. The van der Waals surface area contributed by atoms with Crippen molar-refractivity contribution in [3.8, 4) is 11.5 Å². The second-order valence-corrected chi connectivity index (χ2v) is 10.9. The number of benzene rings is 3. The Morgan fingerprint density at radius 2 is 1.95 bits per heavy atom. The highest BCUT2D eigenvalue weighted by atomic mass is 79.9. The van der Waals surface area contributed by atoms with E-state index < -0.39 is 41.1 Å². The Morgan fingerprint density at radius 1 is 1.20 bits per heavy atom. The number of amides is 2. The van der Waals surface area contributed by atoms with Crippen molar-refractivity contribution in [2.45, 2.75) is 44.0 Å². The number of carbonyl (C=O) groups excluding carboxylic acids is 2. The molecule has 2 aliphatic heterocycles. The molecule has 5 rings (SSSR count). The van der Waals surface area contributed by atoms with Gasteiger partial charge in [-0.15, -0.1) is 0 Å². The zero-order valence-corrected chi connectivity index (χ0v) is 23.9. The molecule has 0 bridgehead atoms. The summed E-state index contributed by atoms with van der Waals surface area (Å²) >= 11 is 3.49. The maximum Gasteiger partial charge on any atom is 0.254 e. The van der Waals surface area contributed by atoms with Crippen molar-refractivity contribution in [1.82, 2.24) is 10.6 Å². The number of fused-ring (bicyclic) bond motifs is 2. The van der Waals surface area contributed by atoms with E-state index >= 15 is 4.39 Å². The van der Waals surface area contributed by atoms with E-state index in [2.05, 4.69) is 26.6 Å². The van der Waals surface area contributed by atoms with Crippen molar-refractivity contribution < 1.29 is 32.6 Å². The van der Waals surface area contributed by atoms with E-state index in [1.54, 1.807) is 20.0 Å². The van der Waals surface area contributed by atoms with Crippen molar-refractivity contribution >= 4 is 44.2 Å². The first-order chi connectivity index (χ1) is 19.2. The van der Waals surface area contributed by atoms with Crippen molar-refractivity contribution in [2.24, 2.45) is 0 Å². The second-order valence-electron chi connectivity index (χ2n) is 9.98. The molecule has 212 valence electrons. The lowest BCUT2D eigenvalue weighted by molar-refractivity contribution is -0.138. The molecule has 40 heavy (non-hydrogen) atoms. The van der Waals surface area contributed by atoms with Gasteiger partial charge in [0.25, 0.3) is 5.91 Å². The summed E-state index contributed by atoms with van der Waals surface area (Å²) in [5.74, 6) is -3.12. The van der Waals surface area contributed by atoms with E-state index in [4.69, 9.17) is 14.2 Å². The first-order valence-electron chi connectivity index (χ1n) is 13.0. The fourth-order valence-electron chi connectivity index (χ4n) is 5.31. The molecule has 0 saturated carbocycles. The number of nitrogens with one attached hydrogen (secondary N) is 2. The summed E-state index contributed by atoms with van der Waals surface area (Å²) < 4.78 is 48.4. The number of halogens is 3. The number of ether oxygens (including phenoxy) is 3. The zero-order chi connectivity index (χ0) is 28.6. The Morgan fingerprint density at radius 3 is 2.65 bits per heavy atom. The largest absolute Gasteiger partial charge is 0.496 e. The molecule has 2 N–H and O–H groups in total. The molecule has 2 amide bonds. The average molecular weight is 618 g/mol. The first-order valence-corrected chi connectivity index (χ1v) is 13.8. The van der Waals surface area contributed by atoms with E-state index in [-0.39, 0.29) is 44.0 Å². The standard InChI is InChI=1S/C29H30BrF2N3O5/c1-16(33-2)27(36)34-26-28(37)35(15-20-19-6-5-18(30)14-17(19)4-9-23(20)38-3)22-8-7-21(31)24(32)25(22)40-29(26)10-12-39-13-11-29/h4-9,14,16,26,33H,10-13,15H2,1-3H3,(H,34,36)/t16-,26-/m0/s1.